The monoisotopic (exact) mass is 211 g/mol. The molecule has 1 aromatic heterocycles. The summed E-state index contributed by atoms with van der Waals surface area (Å²) < 4.78 is 5.21. The van der Waals surface area contributed by atoms with Crippen LogP contribution in [0.2, 0.25) is 0 Å². The molecule has 0 saturated heterocycles. The van der Waals surface area contributed by atoms with Gasteiger partial charge in [0.05, 0.1) is 12.8 Å². The van der Waals surface area contributed by atoms with Crippen LogP contribution in [0.4, 0.5) is 0 Å². The smallest absolute Gasteiger partial charge is 0.222 e. The molecular weight excluding hydrogens is 194 g/mol. The zero-order valence-electron chi connectivity index (χ0n) is 8.95. The van der Waals surface area contributed by atoms with Crippen LogP contribution in [0.15, 0.2) is 12.4 Å². The minimum atomic E-state index is 0.00676. The van der Waals surface area contributed by atoms with Gasteiger partial charge in [0.15, 0.2) is 0 Å². The second-order valence-electron chi connectivity index (χ2n) is 3.25. The Morgan fingerprint density at radius 1 is 1.60 bits per heavy atom. The largest absolute Gasteiger partial charge is 0.381 e. The van der Waals surface area contributed by atoms with Crippen LogP contribution in [0.1, 0.15) is 25.3 Å². The van der Waals surface area contributed by atoms with E-state index in [4.69, 9.17) is 4.74 Å². The van der Waals surface area contributed by atoms with Crippen LogP contribution >= 0.6 is 0 Å². The minimum absolute atomic E-state index is 0.00676. The molecular formula is C10H17N3O2. The number of nitrogens with zero attached hydrogens (tertiary/aromatic N) is 1. The molecule has 0 atom stereocenters. The van der Waals surface area contributed by atoms with Crippen molar-refractivity contribution in [2.24, 2.45) is 0 Å². The van der Waals surface area contributed by atoms with E-state index in [-0.39, 0.29) is 5.91 Å². The van der Waals surface area contributed by atoms with E-state index in [0.29, 0.717) is 19.6 Å². The van der Waals surface area contributed by atoms with Crippen LogP contribution in [0, 0.1) is 0 Å². The third-order valence-electron chi connectivity index (χ3n) is 1.87. The predicted molar refractivity (Wildman–Crippen MR) is 56.2 cm³/mol. The number of ether oxygens (including phenoxy) is 1. The van der Waals surface area contributed by atoms with Crippen LogP contribution < -0.4 is 5.32 Å². The van der Waals surface area contributed by atoms with Crippen molar-refractivity contribution in [3.05, 3.63) is 18.0 Å². The van der Waals surface area contributed by atoms with E-state index >= 15 is 0 Å². The Morgan fingerprint density at radius 2 is 2.47 bits per heavy atom. The van der Waals surface area contributed by atoms with Crippen molar-refractivity contribution in [2.45, 2.75) is 26.3 Å². The Bertz CT molecular complexity index is 272. The van der Waals surface area contributed by atoms with Crippen molar-refractivity contribution < 1.29 is 9.53 Å². The third kappa shape index (κ3) is 5.17. The molecule has 5 nitrogen and oxygen atoms in total. The molecule has 5 heteroatoms. The zero-order chi connectivity index (χ0) is 10.9. The third-order valence-corrected chi connectivity index (χ3v) is 1.87. The van der Waals surface area contributed by atoms with Gasteiger partial charge >= 0.3 is 0 Å². The summed E-state index contributed by atoms with van der Waals surface area (Å²) in [5.41, 5.74) is 0.970. The number of carbonyl (C=O) groups is 1. The molecule has 0 bridgehead atoms. The maximum Gasteiger partial charge on any atom is 0.222 e. The average Bonchev–Trinajstić information content (AvgIpc) is 2.74. The second kappa shape index (κ2) is 7.00. The van der Waals surface area contributed by atoms with Gasteiger partial charge < -0.3 is 10.1 Å². The van der Waals surface area contributed by atoms with Gasteiger partial charge in [-0.1, -0.05) is 6.92 Å². The Kier molecular flexibility index (Phi) is 5.47. The van der Waals surface area contributed by atoms with Gasteiger partial charge in [-0.15, -0.1) is 0 Å². The molecule has 1 rings (SSSR count). The van der Waals surface area contributed by atoms with Crippen molar-refractivity contribution in [1.29, 1.82) is 0 Å². The van der Waals surface area contributed by atoms with Crippen molar-refractivity contribution in [3.63, 3.8) is 0 Å². The lowest BCUT2D eigenvalue weighted by Gasteiger charge is -2.03. The van der Waals surface area contributed by atoms with E-state index in [1.165, 1.54) is 0 Å². The highest BCUT2D eigenvalue weighted by atomic mass is 16.5. The second-order valence-corrected chi connectivity index (χ2v) is 3.25. The first-order chi connectivity index (χ1) is 7.33. The number of hydrogen-bond acceptors (Lipinski definition) is 3. The van der Waals surface area contributed by atoms with Crippen LogP contribution in [-0.4, -0.2) is 29.3 Å². The van der Waals surface area contributed by atoms with Crippen molar-refractivity contribution in [2.75, 3.05) is 13.2 Å². The zero-order valence-corrected chi connectivity index (χ0v) is 8.95. The number of amides is 1. The van der Waals surface area contributed by atoms with E-state index in [9.17, 15) is 4.79 Å². The molecule has 0 unspecified atom stereocenters. The molecule has 0 radical (unpaired) electrons. The summed E-state index contributed by atoms with van der Waals surface area (Å²) >= 11 is 0. The van der Waals surface area contributed by atoms with Crippen LogP contribution in [0.5, 0.6) is 0 Å². The average molecular weight is 211 g/mol. The molecule has 0 fully saturated rings. The Morgan fingerprint density at radius 3 is 3.13 bits per heavy atom. The topological polar surface area (TPSA) is 67.0 Å². The first kappa shape index (κ1) is 11.7. The van der Waals surface area contributed by atoms with Crippen molar-refractivity contribution in [1.82, 2.24) is 15.5 Å². The normalized spacial score (nSPS) is 10.2. The summed E-state index contributed by atoms with van der Waals surface area (Å²) in [6.45, 7) is 3.77. The van der Waals surface area contributed by atoms with Crippen LogP contribution in [0.25, 0.3) is 0 Å². The van der Waals surface area contributed by atoms with Gasteiger partial charge in [0.2, 0.25) is 5.91 Å². The van der Waals surface area contributed by atoms with Gasteiger partial charge in [0.1, 0.15) is 0 Å². The maximum atomic E-state index is 11.3. The van der Waals surface area contributed by atoms with Crippen LogP contribution in [0.3, 0.4) is 0 Å². The minimum Gasteiger partial charge on any atom is -0.381 e. The number of carbonyl (C=O) groups excluding carboxylic acids is 1. The van der Waals surface area contributed by atoms with Gasteiger partial charge in [-0.05, 0) is 6.42 Å². The fourth-order valence-electron chi connectivity index (χ4n) is 1.07. The van der Waals surface area contributed by atoms with Gasteiger partial charge in [0.25, 0.3) is 0 Å². The maximum absolute atomic E-state index is 11.3. The van der Waals surface area contributed by atoms with Gasteiger partial charge in [-0.3, -0.25) is 9.89 Å². The van der Waals surface area contributed by atoms with E-state index < -0.39 is 0 Å². The van der Waals surface area contributed by atoms with Crippen molar-refractivity contribution >= 4 is 5.91 Å². The molecule has 0 aliphatic rings. The van der Waals surface area contributed by atoms with Crippen molar-refractivity contribution in [3.8, 4) is 0 Å². The molecule has 0 aliphatic carbocycles. The summed E-state index contributed by atoms with van der Waals surface area (Å²) in [5, 5.41) is 9.26. The Balaban J connectivity index is 2.04. The highest BCUT2D eigenvalue weighted by Crippen LogP contribution is 1.93. The fourth-order valence-corrected chi connectivity index (χ4v) is 1.07. The first-order valence-electron chi connectivity index (χ1n) is 5.15. The van der Waals surface area contributed by atoms with Gasteiger partial charge in [-0.25, -0.2) is 0 Å². The van der Waals surface area contributed by atoms with Gasteiger partial charge in [0, 0.05) is 31.3 Å². The molecule has 15 heavy (non-hydrogen) atoms. The number of rotatable bonds is 7. The highest BCUT2D eigenvalue weighted by molar-refractivity contribution is 5.75. The summed E-state index contributed by atoms with van der Waals surface area (Å²) in [6.07, 6.45) is 4.84. The van der Waals surface area contributed by atoms with E-state index in [1.807, 2.05) is 6.92 Å². The van der Waals surface area contributed by atoms with E-state index in [2.05, 4.69) is 15.5 Å². The summed E-state index contributed by atoms with van der Waals surface area (Å²) in [4.78, 5) is 11.3. The predicted octanol–water partition coefficient (Wildman–Crippen LogP) is 0.843. The Hall–Kier alpha value is -1.36. The molecule has 84 valence electrons. The van der Waals surface area contributed by atoms with E-state index in [1.54, 1.807) is 12.4 Å². The number of H-pyrrole nitrogens is 1. The summed E-state index contributed by atoms with van der Waals surface area (Å²) in [7, 11) is 0. The number of aromatic nitrogens is 2. The lowest BCUT2D eigenvalue weighted by Crippen LogP contribution is -2.23. The highest BCUT2D eigenvalue weighted by Gasteiger charge is 2.01. The Labute approximate surface area is 89.2 Å². The number of aromatic amines is 1. The van der Waals surface area contributed by atoms with E-state index in [0.717, 1.165) is 18.6 Å². The first-order valence-corrected chi connectivity index (χ1v) is 5.15. The lowest BCUT2D eigenvalue weighted by atomic mass is 10.3. The quantitative estimate of drug-likeness (QED) is 0.657. The molecule has 0 saturated carbocycles. The number of hydrogen-bond donors (Lipinski definition) is 2. The molecule has 0 aromatic carbocycles. The molecule has 0 spiro atoms. The standard InChI is InChI=1S/C10H17N3O2/c1-2-4-15-5-3-10(14)11-6-9-7-12-13-8-9/h7-8H,2-6H2,1H3,(H,11,14)(H,12,13). The lowest BCUT2D eigenvalue weighted by molar-refractivity contribution is -0.122. The molecule has 2 N–H and O–H groups in total. The SMILES string of the molecule is CCCOCCC(=O)NCc1cn[nH]c1. The number of nitrogens with one attached hydrogen (secondary N) is 2. The van der Waals surface area contributed by atoms with Crippen LogP contribution in [-0.2, 0) is 16.1 Å². The molecule has 1 aromatic rings. The summed E-state index contributed by atoms with van der Waals surface area (Å²) in [5.74, 6) is 0.00676. The molecule has 1 amide bonds. The van der Waals surface area contributed by atoms with Gasteiger partial charge in [-0.2, -0.15) is 5.10 Å². The fraction of sp³-hybridized carbons (Fsp3) is 0.600. The molecule has 1 heterocycles. The summed E-state index contributed by atoms with van der Waals surface area (Å²) in [6, 6.07) is 0. The molecule has 0 aliphatic heterocycles.